The summed E-state index contributed by atoms with van der Waals surface area (Å²) in [4.78, 5) is 13.1. The maximum atomic E-state index is 10.6. The first-order chi connectivity index (χ1) is 10.6. The third-order valence-electron chi connectivity index (χ3n) is 4.40. The van der Waals surface area contributed by atoms with Crippen molar-refractivity contribution in [3.63, 3.8) is 0 Å². The van der Waals surface area contributed by atoms with Gasteiger partial charge in [-0.25, -0.2) is 4.79 Å². The molecule has 130 valence electrons. The van der Waals surface area contributed by atoms with Crippen molar-refractivity contribution in [2.45, 2.75) is 84.5 Å². The number of hydrogen-bond donors (Lipinski definition) is 1. The molecule has 0 radical (unpaired) electrons. The van der Waals surface area contributed by atoms with Crippen molar-refractivity contribution in [3.05, 3.63) is 12.2 Å². The molecule has 0 heterocycles. The fourth-order valence-electron chi connectivity index (χ4n) is 2.73. The van der Waals surface area contributed by atoms with Crippen molar-refractivity contribution in [1.29, 1.82) is 0 Å². The number of carbonyl (C=O) groups is 1. The fourth-order valence-corrected chi connectivity index (χ4v) is 2.73. The van der Waals surface area contributed by atoms with E-state index in [9.17, 15) is 4.79 Å². The van der Waals surface area contributed by atoms with E-state index in [0.29, 0.717) is 12.0 Å². The summed E-state index contributed by atoms with van der Waals surface area (Å²) in [5.74, 6) is -0.846. The molecule has 0 amide bonds. The van der Waals surface area contributed by atoms with Crippen LogP contribution >= 0.6 is 0 Å². The molecule has 0 aromatic rings. The Labute approximate surface area is 137 Å². The first-order valence-electron chi connectivity index (χ1n) is 9.25. The third kappa shape index (κ3) is 12.9. The molecular weight excluding hydrogens is 274 g/mol. The quantitative estimate of drug-likeness (QED) is 0.312. The van der Waals surface area contributed by atoms with Crippen LogP contribution in [0.1, 0.15) is 84.5 Å². The van der Waals surface area contributed by atoms with E-state index in [2.05, 4.69) is 25.3 Å². The Morgan fingerprint density at radius 2 is 1.23 bits per heavy atom. The average molecular weight is 312 g/mol. The van der Waals surface area contributed by atoms with Gasteiger partial charge in [-0.15, -0.1) is 0 Å². The van der Waals surface area contributed by atoms with Crippen LogP contribution in [0.3, 0.4) is 0 Å². The monoisotopic (exact) mass is 311 g/mol. The molecule has 0 atom stereocenters. The Balaban J connectivity index is 3.18. The molecule has 0 rings (SSSR count). The molecule has 3 heteroatoms. The molecule has 0 aromatic carbocycles. The summed E-state index contributed by atoms with van der Waals surface area (Å²) in [5, 5.41) is 8.70. The number of hydrogen-bond acceptors (Lipinski definition) is 2. The highest BCUT2D eigenvalue weighted by atomic mass is 16.4. The molecule has 0 saturated carbocycles. The van der Waals surface area contributed by atoms with E-state index in [1.807, 2.05) is 0 Å². The molecule has 0 aromatic heterocycles. The highest BCUT2D eigenvalue weighted by Crippen LogP contribution is 2.13. The molecule has 22 heavy (non-hydrogen) atoms. The third-order valence-corrected chi connectivity index (χ3v) is 4.40. The predicted octanol–water partition coefficient (Wildman–Crippen LogP) is 5.26. The molecule has 0 spiro atoms. The van der Waals surface area contributed by atoms with Crippen molar-refractivity contribution in [2.24, 2.45) is 0 Å². The van der Waals surface area contributed by atoms with Crippen molar-refractivity contribution in [1.82, 2.24) is 4.90 Å². The predicted molar refractivity (Wildman–Crippen MR) is 95.4 cm³/mol. The minimum absolute atomic E-state index is 0.352. The Morgan fingerprint density at radius 3 is 1.64 bits per heavy atom. The first-order valence-corrected chi connectivity index (χ1v) is 9.25. The molecule has 0 saturated heterocycles. The lowest BCUT2D eigenvalue weighted by Crippen LogP contribution is -2.23. The first kappa shape index (κ1) is 21.2. The number of carboxylic acids is 1. The van der Waals surface area contributed by atoms with Crippen molar-refractivity contribution in [2.75, 3.05) is 19.6 Å². The molecule has 0 fully saturated rings. The zero-order valence-electron chi connectivity index (χ0n) is 14.9. The van der Waals surface area contributed by atoms with Gasteiger partial charge in [-0.2, -0.15) is 0 Å². The van der Waals surface area contributed by atoms with E-state index < -0.39 is 5.97 Å². The Kier molecular flexibility index (Phi) is 14.5. The number of rotatable bonds is 16. The van der Waals surface area contributed by atoms with Gasteiger partial charge in [0.25, 0.3) is 0 Å². The van der Waals surface area contributed by atoms with Gasteiger partial charge in [0.05, 0.1) is 0 Å². The molecule has 0 unspecified atom stereocenters. The summed E-state index contributed by atoms with van der Waals surface area (Å²) < 4.78 is 0. The minimum atomic E-state index is -0.846. The second kappa shape index (κ2) is 15.1. The lowest BCUT2D eigenvalue weighted by Gasteiger charge is -2.17. The smallest absolute Gasteiger partial charge is 0.330 e. The summed E-state index contributed by atoms with van der Waals surface area (Å²) in [5.41, 5.74) is 0.352. The molecule has 0 aliphatic heterocycles. The van der Waals surface area contributed by atoms with Crippen LogP contribution in [0.5, 0.6) is 0 Å². The normalized spacial score (nSPS) is 11.0. The van der Waals surface area contributed by atoms with Crippen molar-refractivity contribution in [3.8, 4) is 0 Å². The Hall–Kier alpha value is -0.830. The van der Waals surface area contributed by atoms with Gasteiger partial charge in [-0.3, -0.25) is 0 Å². The maximum Gasteiger partial charge on any atom is 0.330 e. The molecule has 3 nitrogen and oxygen atoms in total. The fraction of sp³-hybridized carbons (Fsp3) is 0.842. The van der Waals surface area contributed by atoms with Gasteiger partial charge in [0.2, 0.25) is 0 Å². The van der Waals surface area contributed by atoms with Crippen LogP contribution in [-0.2, 0) is 4.79 Å². The van der Waals surface area contributed by atoms with Gasteiger partial charge in [0, 0.05) is 5.57 Å². The van der Waals surface area contributed by atoms with Crippen molar-refractivity contribution < 1.29 is 9.90 Å². The van der Waals surface area contributed by atoms with E-state index in [0.717, 1.165) is 12.8 Å². The van der Waals surface area contributed by atoms with Crippen LogP contribution in [0.2, 0.25) is 0 Å². The van der Waals surface area contributed by atoms with E-state index in [4.69, 9.17) is 5.11 Å². The number of unbranched alkanes of at least 4 members (excludes halogenated alkanes) is 9. The van der Waals surface area contributed by atoms with E-state index in [1.54, 1.807) is 0 Å². The summed E-state index contributed by atoms with van der Waals surface area (Å²) in [6.07, 6.45) is 13.4. The van der Waals surface area contributed by atoms with Gasteiger partial charge in [-0.1, -0.05) is 71.8 Å². The standard InChI is InChI=1S/C19H37NO2/c1-4-20(5-2)17-15-13-11-9-7-6-8-10-12-14-16-18(3)19(21)22/h3-17H2,1-2H3,(H,21,22). The maximum absolute atomic E-state index is 10.6. The molecule has 0 bridgehead atoms. The van der Waals surface area contributed by atoms with Gasteiger partial charge in [0.15, 0.2) is 0 Å². The second-order valence-electron chi connectivity index (χ2n) is 6.22. The largest absolute Gasteiger partial charge is 0.478 e. The summed E-state index contributed by atoms with van der Waals surface area (Å²) in [6.45, 7) is 11.6. The summed E-state index contributed by atoms with van der Waals surface area (Å²) >= 11 is 0. The topological polar surface area (TPSA) is 40.5 Å². The van der Waals surface area contributed by atoms with Crippen LogP contribution in [-0.4, -0.2) is 35.6 Å². The van der Waals surface area contributed by atoms with Crippen LogP contribution in [0.15, 0.2) is 12.2 Å². The zero-order valence-corrected chi connectivity index (χ0v) is 14.9. The van der Waals surface area contributed by atoms with Gasteiger partial charge in [-0.05, 0) is 38.9 Å². The van der Waals surface area contributed by atoms with Crippen LogP contribution in [0.25, 0.3) is 0 Å². The van der Waals surface area contributed by atoms with Gasteiger partial charge < -0.3 is 10.0 Å². The average Bonchev–Trinajstić information content (AvgIpc) is 2.51. The van der Waals surface area contributed by atoms with Crippen LogP contribution in [0.4, 0.5) is 0 Å². The Morgan fingerprint density at radius 1 is 0.818 bits per heavy atom. The number of nitrogens with zero attached hydrogens (tertiary/aromatic N) is 1. The van der Waals surface area contributed by atoms with Crippen LogP contribution in [0, 0.1) is 0 Å². The Bertz CT molecular complexity index is 285. The highest BCUT2D eigenvalue weighted by Gasteiger charge is 2.02. The van der Waals surface area contributed by atoms with E-state index in [-0.39, 0.29) is 0 Å². The van der Waals surface area contributed by atoms with Crippen molar-refractivity contribution >= 4 is 5.97 Å². The second-order valence-corrected chi connectivity index (χ2v) is 6.22. The molecule has 1 N–H and O–H groups in total. The van der Waals surface area contributed by atoms with Crippen LogP contribution < -0.4 is 0 Å². The highest BCUT2D eigenvalue weighted by molar-refractivity contribution is 5.85. The van der Waals surface area contributed by atoms with Gasteiger partial charge in [0.1, 0.15) is 0 Å². The molecule has 0 aliphatic rings. The summed E-state index contributed by atoms with van der Waals surface area (Å²) in [6, 6.07) is 0. The lowest BCUT2D eigenvalue weighted by atomic mass is 10.0. The van der Waals surface area contributed by atoms with E-state index in [1.165, 1.54) is 71.0 Å². The lowest BCUT2D eigenvalue weighted by molar-refractivity contribution is -0.132. The zero-order chi connectivity index (χ0) is 16.6. The minimum Gasteiger partial charge on any atom is -0.478 e. The number of carboxylic acid groups (broad SMARTS) is 1. The number of aliphatic carboxylic acids is 1. The van der Waals surface area contributed by atoms with E-state index >= 15 is 0 Å². The van der Waals surface area contributed by atoms with Gasteiger partial charge >= 0.3 is 5.97 Å². The molecule has 0 aliphatic carbocycles. The summed E-state index contributed by atoms with van der Waals surface area (Å²) in [7, 11) is 0. The molecular formula is C19H37NO2. The SMILES string of the molecule is C=C(CCCCCCCCCCCCN(CC)CC)C(=O)O.